The fourth-order valence-corrected chi connectivity index (χ4v) is 0.630. The van der Waals surface area contributed by atoms with E-state index in [9.17, 15) is 0 Å². The molecule has 0 spiro atoms. The van der Waals surface area contributed by atoms with E-state index in [1.807, 2.05) is 6.26 Å². The summed E-state index contributed by atoms with van der Waals surface area (Å²) in [4.78, 5) is 3.75. The van der Waals surface area contributed by atoms with Gasteiger partial charge in [0, 0.05) is 0 Å². The SMILES string of the molecule is CSC1=N[C](N)N=N1. The molecule has 43 valence electrons. The van der Waals surface area contributed by atoms with Crippen LogP contribution in [0.1, 0.15) is 0 Å². The van der Waals surface area contributed by atoms with Gasteiger partial charge in [-0.1, -0.05) is 11.8 Å². The molecule has 5 heteroatoms. The van der Waals surface area contributed by atoms with Crippen LogP contribution in [0.2, 0.25) is 0 Å². The molecule has 0 saturated heterocycles. The Morgan fingerprint density at radius 2 is 2.25 bits per heavy atom. The van der Waals surface area contributed by atoms with E-state index in [0.717, 1.165) is 0 Å². The Bertz CT molecular complexity index is 140. The maximum atomic E-state index is 5.16. The predicted octanol–water partition coefficient (Wildman–Crippen LogP) is 0.577. The van der Waals surface area contributed by atoms with Gasteiger partial charge < -0.3 is 0 Å². The number of azo groups is 1. The van der Waals surface area contributed by atoms with Gasteiger partial charge in [-0.25, -0.2) is 4.99 Å². The minimum atomic E-state index is 0.245. The lowest BCUT2D eigenvalue weighted by Crippen LogP contribution is -1.98. The molecule has 2 N–H and O–H groups in total. The van der Waals surface area contributed by atoms with Crippen LogP contribution in [-0.4, -0.2) is 11.4 Å². The van der Waals surface area contributed by atoms with Crippen LogP contribution in [0.15, 0.2) is 15.2 Å². The molecule has 0 aromatic carbocycles. The molecule has 0 aliphatic carbocycles. The Morgan fingerprint density at radius 1 is 1.50 bits per heavy atom. The molecule has 0 bridgehead atoms. The van der Waals surface area contributed by atoms with Crippen LogP contribution in [0.5, 0.6) is 0 Å². The second-order valence-electron chi connectivity index (χ2n) is 1.16. The zero-order chi connectivity index (χ0) is 5.98. The third-order valence-electron chi connectivity index (χ3n) is 0.631. The van der Waals surface area contributed by atoms with E-state index in [4.69, 9.17) is 5.73 Å². The van der Waals surface area contributed by atoms with Crippen molar-refractivity contribution in [1.29, 1.82) is 0 Å². The van der Waals surface area contributed by atoms with Gasteiger partial charge in [-0.3, -0.25) is 5.73 Å². The summed E-state index contributed by atoms with van der Waals surface area (Å²) in [6.45, 7) is 0. The Hall–Kier alpha value is -0.420. The van der Waals surface area contributed by atoms with Crippen molar-refractivity contribution in [2.75, 3.05) is 6.26 Å². The first-order valence-corrected chi connectivity index (χ1v) is 3.22. The number of amidine groups is 1. The summed E-state index contributed by atoms with van der Waals surface area (Å²) in [6, 6.07) is 0. The van der Waals surface area contributed by atoms with E-state index in [-0.39, 0.29) is 6.29 Å². The molecule has 0 unspecified atom stereocenters. The average molecular weight is 129 g/mol. The molecule has 1 aliphatic rings. The first-order chi connectivity index (χ1) is 3.83. The van der Waals surface area contributed by atoms with Crippen molar-refractivity contribution in [2.24, 2.45) is 21.0 Å². The Labute approximate surface area is 51.3 Å². The molecule has 8 heavy (non-hydrogen) atoms. The second-order valence-corrected chi connectivity index (χ2v) is 1.93. The van der Waals surface area contributed by atoms with Gasteiger partial charge in [0.2, 0.25) is 5.17 Å². The fourth-order valence-electron chi connectivity index (χ4n) is 0.323. The van der Waals surface area contributed by atoms with Crippen molar-refractivity contribution >= 4 is 16.9 Å². The van der Waals surface area contributed by atoms with Gasteiger partial charge in [0.25, 0.3) is 6.29 Å². The average Bonchev–Trinajstić information content (AvgIpc) is 2.14. The van der Waals surface area contributed by atoms with Crippen molar-refractivity contribution in [3.8, 4) is 0 Å². The molecule has 0 saturated carbocycles. The highest BCUT2D eigenvalue weighted by atomic mass is 32.2. The largest absolute Gasteiger partial charge is 0.286 e. The molecule has 1 radical (unpaired) electrons. The number of hydrogen-bond donors (Lipinski definition) is 1. The number of nitrogens with two attached hydrogens (primary N) is 1. The number of nitrogens with zero attached hydrogens (tertiary/aromatic N) is 3. The van der Waals surface area contributed by atoms with Gasteiger partial charge in [-0.05, 0) is 6.26 Å². The van der Waals surface area contributed by atoms with E-state index in [1.54, 1.807) is 0 Å². The standard InChI is InChI=1S/C3H5N4S/c1-8-3-5-2(4)6-7-3/h4H2,1H3. The molecule has 4 nitrogen and oxygen atoms in total. The van der Waals surface area contributed by atoms with Crippen molar-refractivity contribution in [3.05, 3.63) is 6.29 Å². The summed E-state index contributed by atoms with van der Waals surface area (Å²) in [5, 5.41) is 7.72. The van der Waals surface area contributed by atoms with Crippen molar-refractivity contribution < 1.29 is 0 Å². The van der Waals surface area contributed by atoms with Crippen molar-refractivity contribution in [1.82, 2.24) is 0 Å². The Balaban J connectivity index is 2.58. The third kappa shape index (κ3) is 1.05. The summed E-state index contributed by atoms with van der Waals surface area (Å²) < 4.78 is 0. The van der Waals surface area contributed by atoms with Crippen LogP contribution < -0.4 is 5.73 Å². The highest BCUT2D eigenvalue weighted by Gasteiger charge is 2.07. The van der Waals surface area contributed by atoms with Crippen LogP contribution in [0.4, 0.5) is 0 Å². The zero-order valence-electron chi connectivity index (χ0n) is 4.33. The van der Waals surface area contributed by atoms with Gasteiger partial charge in [-0.2, -0.15) is 0 Å². The number of aliphatic imine (C=N–C) groups is 1. The monoisotopic (exact) mass is 129 g/mol. The van der Waals surface area contributed by atoms with Crippen LogP contribution in [-0.2, 0) is 0 Å². The van der Waals surface area contributed by atoms with Crippen LogP contribution in [0, 0.1) is 6.29 Å². The molecule has 1 aliphatic heterocycles. The Kier molecular flexibility index (Phi) is 1.59. The maximum absolute atomic E-state index is 5.16. The molecular weight excluding hydrogens is 124 g/mol. The molecule has 1 heterocycles. The Morgan fingerprint density at radius 3 is 2.50 bits per heavy atom. The van der Waals surface area contributed by atoms with E-state index in [0.29, 0.717) is 5.17 Å². The van der Waals surface area contributed by atoms with Gasteiger partial charge in [0.15, 0.2) is 0 Å². The minimum absolute atomic E-state index is 0.245. The molecule has 1 rings (SSSR count). The lowest BCUT2D eigenvalue weighted by atomic mass is 11.0. The number of rotatable bonds is 0. The fraction of sp³-hybridized carbons (Fsp3) is 0.333. The van der Waals surface area contributed by atoms with E-state index in [2.05, 4.69) is 15.2 Å². The summed E-state index contributed by atoms with van der Waals surface area (Å²) in [7, 11) is 0. The summed E-state index contributed by atoms with van der Waals surface area (Å²) >= 11 is 1.42. The molecule has 0 aromatic rings. The first kappa shape index (κ1) is 5.71. The van der Waals surface area contributed by atoms with Gasteiger partial charge in [-0.15, -0.1) is 10.2 Å². The number of hydrogen-bond acceptors (Lipinski definition) is 5. The van der Waals surface area contributed by atoms with Crippen LogP contribution in [0.25, 0.3) is 0 Å². The normalized spacial score (nSPS) is 19.5. The minimum Gasteiger partial charge on any atom is -0.282 e. The van der Waals surface area contributed by atoms with Gasteiger partial charge >= 0.3 is 0 Å². The third-order valence-corrected chi connectivity index (χ3v) is 1.17. The molecule has 0 aromatic heterocycles. The highest BCUT2D eigenvalue weighted by molar-refractivity contribution is 8.13. The second kappa shape index (κ2) is 2.23. The lowest BCUT2D eigenvalue weighted by molar-refractivity contribution is 0.943. The van der Waals surface area contributed by atoms with E-state index >= 15 is 0 Å². The quantitative estimate of drug-likeness (QED) is 0.520. The topological polar surface area (TPSA) is 63.1 Å². The predicted molar refractivity (Wildman–Crippen MR) is 33.2 cm³/mol. The molecule has 0 atom stereocenters. The van der Waals surface area contributed by atoms with Crippen LogP contribution in [0.3, 0.4) is 0 Å². The highest BCUT2D eigenvalue weighted by Crippen LogP contribution is 2.12. The first-order valence-electron chi connectivity index (χ1n) is 2.00. The summed E-state index contributed by atoms with van der Waals surface area (Å²) in [6.07, 6.45) is 2.12. The van der Waals surface area contributed by atoms with Crippen molar-refractivity contribution in [3.63, 3.8) is 0 Å². The smallest absolute Gasteiger partial charge is 0.282 e. The van der Waals surface area contributed by atoms with E-state index in [1.165, 1.54) is 11.8 Å². The molecular formula is C3H5N4S. The number of thioether (sulfide) groups is 1. The summed E-state index contributed by atoms with van der Waals surface area (Å²) in [5.74, 6) is 0. The maximum Gasteiger partial charge on any atom is 0.286 e. The lowest BCUT2D eigenvalue weighted by Gasteiger charge is -1.82. The van der Waals surface area contributed by atoms with Gasteiger partial charge in [0.05, 0.1) is 0 Å². The molecule has 0 amide bonds. The van der Waals surface area contributed by atoms with Gasteiger partial charge in [0.1, 0.15) is 0 Å². The zero-order valence-corrected chi connectivity index (χ0v) is 5.14. The summed E-state index contributed by atoms with van der Waals surface area (Å²) in [5.41, 5.74) is 5.16. The van der Waals surface area contributed by atoms with E-state index < -0.39 is 0 Å². The molecule has 0 fully saturated rings. The van der Waals surface area contributed by atoms with Crippen molar-refractivity contribution in [2.45, 2.75) is 0 Å². The van der Waals surface area contributed by atoms with Crippen LogP contribution >= 0.6 is 11.8 Å².